The van der Waals surface area contributed by atoms with Crippen LogP contribution < -0.4 is 0 Å². The molecule has 0 aliphatic carbocycles. The minimum Gasteiger partial charge on any atom is -0.289 e. The van der Waals surface area contributed by atoms with Crippen molar-refractivity contribution >= 4 is 37.6 Å². The Morgan fingerprint density at radius 3 is 2.16 bits per heavy atom. The molecule has 0 N–H and O–H groups in total. The number of hydrogen-bond donors (Lipinski definition) is 0. The summed E-state index contributed by atoms with van der Waals surface area (Å²) in [6.45, 7) is 6.07. The van der Waals surface area contributed by atoms with Crippen molar-refractivity contribution in [3.63, 3.8) is 0 Å². The molecule has 0 amide bonds. The number of hydrogen-bond acceptors (Lipinski definition) is 1. The van der Waals surface area contributed by atoms with Gasteiger partial charge in [0.05, 0.1) is 0 Å². The number of carbonyl (C=O) groups excluding carboxylic acids is 1. The first-order chi connectivity index (χ1) is 8.90. The summed E-state index contributed by atoms with van der Waals surface area (Å²) in [5, 5.41) is 0. The molecule has 0 saturated carbocycles. The molecular formula is C16H14Br2O. The average Bonchev–Trinajstić information content (AvgIpc) is 2.36. The van der Waals surface area contributed by atoms with E-state index in [1.165, 1.54) is 5.56 Å². The molecule has 0 unspecified atom stereocenters. The summed E-state index contributed by atoms with van der Waals surface area (Å²) in [7, 11) is 0. The van der Waals surface area contributed by atoms with Crippen LogP contribution in [0.1, 0.15) is 32.6 Å². The van der Waals surface area contributed by atoms with Crippen LogP contribution in [0.4, 0.5) is 0 Å². The van der Waals surface area contributed by atoms with Gasteiger partial charge in [0.25, 0.3) is 0 Å². The summed E-state index contributed by atoms with van der Waals surface area (Å²) in [6, 6.07) is 9.68. The van der Waals surface area contributed by atoms with E-state index in [1.54, 1.807) is 0 Å². The number of carbonyl (C=O) groups is 1. The third-order valence-corrected chi connectivity index (χ3v) is 4.44. The van der Waals surface area contributed by atoms with Crippen molar-refractivity contribution in [2.24, 2.45) is 0 Å². The van der Waals surface area contributed by atoms with Crippen molar-refractivity contribution in [1.29, 1.82) is 0 Å². The number of benzene rings is 2. The Balaban J connectivity index is 2.56. The minimum absolute atomic E-state index is 0.0498. The second-order valence-electron chi connectivity index (χ2n) is 4.70. The van der Waals surface area contributed by atoms with Crippen molar-refractivity contribution in [3.8, 4) is 0 Å². The Morgan fingerprint density at radius 1 is 0.842 bits per heavy atom. The van der Waals surface area contributed by atoms with E-state index in [9.17, 15) is 4.79 Å². The maximum Gasteiger partial charge on any atom is 0.194 e. The zero-order valence-corrected chi connectivity index (χ0v) is 14.2. The number of ketones is 1. The molecule has 0 bridgehead atoms. The standard InChI is InChI=1S/C16H14Br2O/c1-9-6-11(3)13(7-10(9)2)16(19)14-8-12(17)4-5-15(14)18/h4-8H,1-3H3. The second-order valence-corrected chi connectivity index (χ2v) is 6.47. The van der Waals surface area contributed by atoms with E-state index in [2.05, 4.69) is 44.8 Å². The highest BCUT2D eigenvalue weighted by atomic mass is 79.9. The summed E-state index contributed by atoms with van der Waals surface area (Å²) < 4.78 is 1.72. The van der Waals surface area contributed by atoms with E-state index in [0.717, 1.165) is 25.6 Å². The van der Waals surface area contributed by atoms with Gasteiger partial charge in [-0.25, -0.2) is 0 Å². The molecule has 0 radical (unpaired) electrons. The van der Waals surface area contributed by atoms with E-state index in [-0.39, 0.29) is 5.78 Å². The Labute approximate surface area is 130 Å². The summed E-state index contributed by atoms with van der Waals surface area (Å²) >= 11 is 6.85. The maximum atomic E-state index is 12.7. The third kappa shape index (κ3) is 2.98. The highest BCUT2D eigenvalue weighted by molar-refractivity contribution is 9.11. The molecule has 98 valence electrons. The summed E-state index contributed by atoms with van der Waals surface area (Å²) in [4.78, 5) is 12.7. The van der Waals surface area contributed by atoms with Gasteiger partial charge >= 0.3 is 0 Å². The predicted octanol–water partition coefficient (Wildman–Crippen LogP) is 5.37. The fraction of sp³-hybridized carbons (Fsp3) is 0.188. The fourth-order valence-electron chi connectivity index (χ4n) is 2.02. The van der Waals surface area contributed by atoms with Crippen LogP contribution in [-0.4, -0.2) is 5.78 Å². The molecule has 2 aromatic carbocycles. The topological polar surface area (TPSA) is 17.1 Å². The molecule has 0 fully saturated rings. The zero-order valence-electron chi connectivity index (χ0n) is 11.1. The van der Waals surface area contributed by atoms with Gasteiger partial charge in [-0.15, -0.1) is 0 Å². The van der Waals surface area contributed by atoms with Crippen LogP contribution in [0.25, 0.3) is 0 Å². The third-order valence-electron chi connectivity index (χ3n) is 3.26. The lowest BCUT2D eigenvalue weighted by atomic mass is 9.95. The van der Waals surface area contributed by atoms with Crippen molar-refractivity contribution in [3.05, 3.63) is 67.1 Å². The van der Waals surface area contributed by atoms with Gasteiger partial charge < -0.3 is 0 Å². The SMILES string of the molecule is Cc1cc(C)c(C(=O)c2cc(Br)ccc2Br)cc1C. The van der Waals surface area contributed by atoms with Gasteiger partial charge in [0, 0.05) is 20.1 Å². The summed E-state index contributed by atoms with van der Waals surface area (Å²) in [5.41, 5.74) is 4.81. The van der Waals surface area contributed by atoms with Crippen molar-refractivity contribution < 1.29 is 4.79 Å². The van der Waals surface area contributed by atoms with Gasteiger partial charge in [0.2, 0.25) is 0 Å². The Morgan fingerprint density at radius 2 is 1.47 bits per heavy atom. The van der Waals surface area contributed by atoms with Crippen LogP contribution in [-0.2, 0) is 0 Å². The van der Waals surface area contributed by atoms with Gasteiger partial charge in [-0.1, -0.05) is 37.9 Å². The van der Waals surface area contributed by atoms with Crippen molar-refractivity contribution in [2.45, 2.75) is 20.8 Å². The molecule has 3 heteroatoms. The molecule has 0 atom stereocenters. The lowest BCUT2D eigenvalue weighted by Crippen LogP contribution is -2.06. The van der Waals surface area contributed by atoms with Gasteiger partial charge in [0.15, 0.2) is 5.78 Å². The highest BCUT2D eigenvalue weighted by Gasteiger charge is 2.16. The quantitative estimate of drug-likeness (QED) is 0.639. The first kappa shape index (κ1) is 14.5. The van der Waals surface area contributed by atoms with Crippen LogP contribution in [0.3, 0.4) is 0 Å². The molecule has 2 rings (SSSR count). The van der Waals surface area contributed by atoms with Crippen LogP contribution in [0, 0.1) is 20.8 Å². The van der Waals surface area contributed by atoms with E-state index in [0.29, 0.717) is 5.56 Å². The van der Waals surface area contributed by atoms with Gasteiger partial charge in [-0.3, -0.25) is 4.79 Å². The van der Waals surface area contributed by atoms with Crippen LogP contribution in [0.5, 0.6) is 0 Å². The Hall–Kier alpha value is -0.930. The fourth-order valence-corrected chi connectivity index (χ4v) is 2.81. The second kappa shape index (κ2) is 5.59. The van der Waals surface area contributed by atoms with Crippen molar-refractivity contribution in [2.75, 3.05) is 0 Å². The van der Waals surface area contributed by atoms with Gasteiger partial charge in [-0.05, 0) is 61.7 Å². The molecule has 0 heterocycles. The molecule has 0 aliphatic heterocycles. The molecule has 0 aromatic heterocycles. The molecule has 0 saturated heterocycles. The predicted molar refractivity (Wildman–Crippen MR) is 85.9 cm³/mol. The average molecular weight is 382 g/mol. The van der Waals surface area contributed by atoms with E-state index in [1.807, 2.05) is 38.1 Å². The molecule has 19 heavy (non-hydrogen) atoms. The number of aryl methyl sites for hydroxylation is 3. The largest absolute Gasteiger partial charge is 0.289 e. The smallest absolute Gasteiger partial charge is 0.194 e. The Kier molecular flexibility index (Phi) is 4.26. The number of halogens is 2. The number of rotatable bonds is 2. The molecule has 2 aromatic rings. The first-order valence-corrected chi connectivity index (χ1v) is 7.56. The molecule has 0 aliphatic rings. The zero-order chi connectivity index (χ0) is 14.2. The lowest BCUT2D eigenvalue weighted by molar-refractivity contribution is 0.103. The van der Waals surface area contributed by atoms with Crippen LogP contribution in [0.15, 0.2) is 39.3 Å². The highest BCUT2D eigenvalue weighted by Crippen LogP contribution is 2.26. The molecule has 1 nitrogen and oxygen atoms in total. The maximum absolute atomic E-state index is 12.7. The summed E-state index contributed by atoms with van der Waals surface area (Å²) in [6.07, 6.45) is 0. The molecular weight excluding hydrogens is 368 g/mol. The van der Waals surface area contributed by atoms with E-state index < -0.39 is 0 Å². The lowest BCUT2D eigenvalue weighted by Gasteiger charge is -2.10. The first-order valence-electron chi connectivity index (χ1n) is 5.97. The summed E-state index contributed by atoms with van der Waals surface area (Å²) in [5.74, 6) is 0.0498. The van der Waals surface area contributed by atoms with E-state index in [4.69, 9.17) is 0 Å². The van der Waals surface area contributed by atoms with Gasteiger partial charge in [0.1, 0.15) is 0 Å². The van der Waals surface area contributed by atoms with Crippen molar-refractivity contribution in [1.82, 2.24) is 0 Å². The van der Waals surface area contributed by atoms with Gasteiger partial charge in [-0.2, -0.15) is 0 Å². The monoisotopic (exact) mass is 380 g/mol. The molecule has 0 spiro atoms. The minimum atomic E-state index is 0.0498. The van der Waals surface area contributed by atoms with E-state index >= 15 is 0 Å². The van der Waals surface area contributed by atoms with Crippen LogP contribution >= 0.6 is 31.9 Å². The normalized spacial score (nSPS) is 10.6. The Bertz CT molecular complexity index is 660. The van der Waals surface area contributed by atoms with Crippen LogP contribution in [0.2, 0.25) is 0 Å².